The number of piperidine rings is 1. The van der Waals surface area contributed by atoms with Crippen LogP contribution in [0.2, 0.25) is 0 Å². The van der Waals surface area contributed by atoms with Crippen LogP contribution in [0.15, 0.2) is 24.3 Å². The molecule has 0 aromatic heterocycles. The van der Waals surface area contributed by atoms with E-state index in [1.807, 2.05) is 43.9 Å². The summed E-state index contributed by atoms with van der Waals surface area (Å²) >= 11 is 0. The van der Waals surface area contributed by atoms with E-state index in [0.29, 0.717) is 38.2 Å². The number of aliphatic hydroxyl groups is 1. The molecule has 0 spiro atoms. The van der Waals surface area contributed by atoms with Crippen LogP contribution in [-0.4, -0.2) is 67.6 Å². The molecule has 2 saturated heterocycles. The van der Waals surface area contributed by atoms with Crippen LogP contribution >= 0.6 is 0 Å². The van der Waals surface area contributed by atoms with Gasteiger partial charge in [-0.3, -0.25) is 4.79 Å². The topological polar surface area (TPSA) is 77.9 Å². The molecular weight excluding hydrogens is 352 g/mol. The van der Waals surface area contributed by atoms with Gasteiger partial charge in [-0.25, -0.2) is 8.42 Å². The van der Waals surface area contributed by atoms with Crippen LogP contribution in [0.1, 0.15) is 37.6 Å². The molecule has 7 heteroatoms. The van der Waals surface area contributed by atoms with Crippen molar-refractivity contribution >= 4 is 21.4 Å². The molecule has 1 amide bonds. The number of anilines is 1. The monoisotopic (exact) mass is 380 g/mol. The number of hydrogen-bond donors (Lipinski definition) is 1. The van der Waals surface area contributed by atoms with Gasteiger partial charge >= 0.3 is 0 Å². The first kappa shape index (κ1) is 19.2. The summed E-state index contributed by atoms with van der Waals surface area (Å²) in [6.07, 6.45) is 0.551. The molecule has 0 unspecified atom stereocenters. The summed E-state index contributed by atoms with van der Waals surface area (Å²) in [6, 6.07) is 7.41. The lowest BCUT2D eigenvalue weighted by molar-refractivity contribution is -0.0971. The normalized spacial score (nSPS) is 28.0. The fourth-order valence-electron chi connectivity index (χ4n) is 3.58. The number of sulfone groups is 1. The maximum atomic E-state index is 13.0. The largest absolute Gasteiger partial charge is 0.389 e. The summed E-state index contributed by atoms with van der Waals surface area (Å²) in [7, 11) is -2.93. The Bertz CT molecular complexity index is 788. The molecule has 1 aromatic carbocycles. The SMILES string of the molecule is CC1(C)CN(C(=O)c2cccc(N3CCS(=O)(=O)CC3)c2)CC[C@]1(C)O. The van der Waals surface area contributed by atoms with Crippen molar-refractivity contribution in [3.8, 4) is 0 Å². The minimum absolute atomic E-state index is 0.0416. The molecule has 3 rings (SSSR count). The summed E-state index contributed by atoms with van der Waals surface area (Å²) in [6.45, 7) is 7.75. The molecule has 1 N–H and O–H groups in total. The minimum Gasteiger partial charge on any atom is -0.389 e. The van der Waals surface area contributed by atoms with Crippen molar-refractivity contribution in [1.29, 1.82) is 0 Å². The number of rotatable bonds is 2. The van der Waals surface area contributed by atoms with E-state index in [2.05, 4.69) is 0 Å². The molecule has 2 aliphatic heterocycles. The van der Waals surface area contributed by atoms with Crippen LogP contribution in [0.25, 0.3) is 0 Å². The zero-order valence-electron chi connectivity index (χ0n) is 15.7. The quantitative estimate of drug-likeness (QED) is 0.842. The summed E-state index contributed by atoms with van der Waals surface area (Å²) < 4.78 is 23.2. The lowest BCUT2D eigenvalue weighted by Gasteiger charge is -2.48. The van der Waals surface area contributed by atoms with Crippen LogP contribution < -0.4 is 4.90 Å². The molecule has 2 heterocycles. The highest BCUT2D eigenvalue weighted by molar-refractivity contribution is 7.91. The Kier molecular flexibility index (Phi) is 4.82. The fraction of sp³-hybridized carbons (Fsp3) is 0.632. The zero-order valence-corrected chi connectivity index (χ0v) is 16.6. The predicted octanol–water partition coefficient (Wildman–Crippen LogP) is 1.54. The molecule has 0 aliphatic carbocycles. The lowest BCUT2D eigenvalue weighted by Crippen LogP contribution is -2.57. The highest BCUT2D eigenvalue weighted by atomic mass is 32.2. The standard InChI is InChI=1S/C19H28N2O4S/c1-18(2)14-21(8-7-19(18,3)23)17(22)15-5-4-6-16(13-15)20-9-11-26(24,25)12-10-20/h4-6,13,23H,7-12,14H2,1-3H3/t19-/m0/s1. The van der Waals surface area contributed by atoms with E-state index in [9.17, 15) is 18.3 Å². The van der Waals surface area contributed by atoms with Gasteiger partial charge in [0.25, 0.3) is 5.91 Å². The Balaban J connectivity index is 1.75. The number of carbonyl (C=O) groups is 1. The highest BCUT2D eigenvalue weighted by Crippen LogP contribution is 2.38. The molecule has 0 saturated carbocycles. The van der Waals surface area contributed by atoms with Crippen LogP contribution in [-0.2, 0) is 9.84 Å². The highest BCUT2D eigenvalue weighted by Gasteiger charge is 2.45. The van der Waals surface area contributed by atoms with E-state index in [1.54, 1.807) is 11.0 Å². The zero-order chi connectivity index (χ0) is 19.2. The molecule has 0 bridgehead atoms. The Morgan fingerprint density at radius 1 is 1.12 bits per heavy atom. The van der Waals surface area contributed by atoms with Gasteiger partial charge in [0.1, 0.15) is 0 Å². The van der Waals surface area contributed by atoms with E-state index in [0.717, 1.165) is 5.69 Å². The van der Waals surface area contributed by atoms with Gasteiger partial charge in [0.05, 0.1) is 17.1 Å². The average Bonchev–Trinajstić information content (AvgIpc) is 2.57. The van der Waals surface area contributed by atoms with Gasteiger partial charge in [-0.1, -0.05) is 19.9 Å². The third kappa shape index (κ3) is 3.74. The van der Waals surface area contributed by atoms with Gasteiger partial charge in [-0.2, -0.15) is 0 Å². The maximum Gasteiger partial charge on any atom is 0.253 e. The van der Waals surface area contributed by atoms with E-state index < -0.39 is 15.4 Å². The minimum atomic E-state index is -2.93. The van der Waals surface area contributed by atoms with Crippen molar-refractivity contribution in [2.45, 2.75) is 32.8 Å². The Labute approximate surface area is 155 Å². The second kappa shape index (κ2) is 6.53. The molecule has 6 nitrogen and oxygen atoms in total. The molecule has 144 valence electrons. The number of amides is 1. The summed E-state index contributed by atoms with van der Waals surface area (Å²) in [5.74, 6) is 0.265. The van der Waals surface area contributed by atoms with Crippen molar-refractivity contribution in [2.24, 2.45) is 5.41 Å². The summed E-state index contributed by atoms with van der Waals surface area (Å²) in [5.41, 5.74) is 0.326. The molecular formula is C19H28N2O4S. The third-order valence-corrected chi connectivity index (χ3v) is 7.61. The Morgan fingerprint density at radius 2 is 1.77 bits per heavy atom. The second-order valence-corrected chi connectivity index (χ2v) is 10.6. The fourth-order valence-corrected chi connectivity index (χ4v) is 4.78. The second-order valence-electron chi connectivity index (χ2n) is 8.32. The van der Waals surface area contributed by atoms with E-state index in [4.69, 9.17) is 0 Å². The number of hydrogen-bond acceptors (Lipinski definition) is 5. The van der Waals surface area contributed by atoms with Gasteiger partial charge in [-0.05, 0) is 31.5 Å². The first-order valence-electron chi connectivity index (χ1n) is 9.08. The van der Waals surface area contributed by atoms with Gasteiger partial charge < -0.3 is 14.9 Å². The maximum absolute atomic E-state index is 13.0. The van der Waals surface area contributed by atoms with Crippen LogP contribution in [0.3, 0.4) is 0 Å². The molecule has 2 fully saturated rings. The lowest BCUT2D eigenvalue weighted by atomic mass is 9.71. The molecule has 1 aromatic rings. The number of benzene rings is 1. The van der Waals surface area contributed by atoms with Crippen LogP contribution in [0, 0.1) is 5.41 Å². The average molecular weight is 381 g/mol. The van der Waals surface area contributed by atoms with Crippen molar-refractivity contribution in [3.05, 3.63) is 29.8 Å². The van der Waals surface area contributed by atoms with Gasteiger partial charge in [0.2, 0.25) is 0 Å². The Hall–Kier alpha value is -1.60. The van der Waals surface area contributed by atoms with Gasteiger partial charge in [0.15, 0.2) is 9.84 Å². The smallest absolute Gasteiger partial charge is 0.253 e. The van der Waals surface area contributed by atoms with Gasteiger partial charge in [-0.15, -0.1) is 0 Å². The van der Waals surface area contributed by atoms with Crippen LogP contribution in [0.5, 0.6) is 0 Å². The molecule has 2 aliphatic rings. The van der Waals surface area contributed by atoms with Crippen molar-refractivity contribution in [2.75, 3.05) is 42.6 Å². The van der Waals surface area contributed by atoms with E-state index >= 15 is 0 Å². The first-order valence-corrected chi connectivity index (χ1v) is 10.9. The molecule has 0 radical (unpaired) electrons. The number of carbonyl (C=O) groups excluding carboxylic acids is 1. The summed E-state index contributed by atoms with van der Waals surface area (Å²) in [5, 5.41) is 10.5. The van der Waals surface area contributed by atoms with Crippen molar-refractivity contribution in [1.82, 2.24) is 4.90 Å². The van der Waals surface area contributed by atoms with E-state index in [-0.39, 0.29) is 22.8 Å². The number of nitrogens with zero attached hydrogens (tertiary/aromatic N) is 2. The van der Waals surface area contributed by atoms with Crippen molar-refractivity contribution in [3.63, 3.8) is 0 Å². The van der Waals surface area contributed by atoms with Crippen LogP contribution in [0.4, 0.5) is 5.69 Å². The number of likely N-dealkylation sites (tertiary alicyclic amines) is 1. The Morgan fingerprint density at radius 3 is 2.38 bits per heavy atom. The van der Waals surface area contributed by atoms with Gasteiger partial charge in [0, 0.05) is 42.8 Å². The summed E-state index contributed by atoms with van der Waals surface area (Å²) in [4.78, 5) is 16.8. The molecule has 1 atom stereocenters. The third-order valence-electron chi connectivity index (χ3n) is 6.00. The van der Waals surface area contributed by atoms with Crippen molar-refractivity contribution < 1.29 is 18.3 Å². The predicted molar refractivity (Wildman–Crippen MR) is 102 cm³/mol. The molecule has 26 heavy (non-hydrogen) atoms. The van der Waals surface area contributed by atoms with E-state index in [1.165, 1.54) is 0 Å². The first-order chi connectivity index (χ1) is 12.0.